The van der Waals surface area contributed by atoms with Crippen molar-refractivity contribution in [3.05, 3.63) is 71.8 Å². The minimum Gasteiger partial charge on any atom is -0.493 e. The van der Waals surface area contributed by atoms with Gasteiger partial charge in [0.05, 0.1) is 25.6 Å². The van der Waals surface area contributed by atoms with Crippen LogP contribution in [0.3, 0.4) is 0 Å². The van der Waals surface area contributed by atoms with Gasteiger partial charge in [-0.05, 0) is 69.0 Å². The topological polar surface area (TPSA) is 69.0 Å². The van der Waals surface area contributed by atoms with Gasteiger partial charge in [0.15, 0.2) is 11.5 Å². The molecule has 7 heteroatoms. The Kier molecular flexibility index (Phi) is 8.31. The molecule has 2 aromatic carbocycles. The van der Waals surface area contributed by atoms with Gasteiger partial charge in [0.1, 0.15) is 19.0 Å². The average Bonchev–Trinajstić information content (AvgIpc) is 3.29. The van der Waals surface area contributed by atoms with Crippen LogP contribution in [-0.4, -0.2) is 58.6 Å². The second-order valence-corrected chi connectivity index (χ2v) is 9.55. The van der Waals surface area contributed by atoms with Crippen molar-refractivity contribution in [3.8, 4) is 17.2 Å². The Morgan fingerprint density at radius 1 is 1.00 bits per heavy atom. The molecule has 0 aliphatic carbocycles. The Balaban J connectivity index is 1.29. The molecule has 1 aliphatic heterocycles. The SMILES string of the molecule is COc1cc(CN2CCC[C@](O)(COc3ccc(C)cc3C)CC2)ccc1OCCn1ccnc1. The second kappa shape index (κ2) is 11.6. The Morgan fingerprint density at radius 3 is 2.63 bits per heavy atom. The first kappa shape index (κ1) is 25.1. The van der Waals surface area contributed by atoms with Crippen molar-refractivity contribution in [1.82, 2.24) is 14.5 Å². The summed E-state index contributed by atoms with van der Waals surface area (Å²) >= 11 is 0. The summed E-state index contributed by atoms with van der Waals surface area (Å²) in [6.07, 6.45) is 7.81. The minimum absolute atomic E-state index is 0.323. The number of hydrogen-bond donors (Lipinski definition) is 1. The van der Waals surface area contributed by atoms with E-state index < -0.39 is 5.60 Å². The van der Waals surface area contributed by atoms with Crippen LogP contribution in [0, 0.1) is 13.8 Å². The monoisotopic (exact) mass is 479 g/mol. The first-order chi connectivity index (χ1) is 16.9. The average molecular weight is 480 g/mol. The van der Waals surface area contributed by atoms with E-state index in [1.807, 2.05) is 42.0 Å². The molecular weight excluding hydrogens is 442 g/mol. The summed E-state index contributed by atoms with van der Waals surface area (Å²) in [5.41, 5.74) is 2.67. The molecule has 1 atom stereocenters. The molecule has 0 unspecified atom stereocenters. The molecule has 1 fully saturated rings. The van der Waals surface area contributed by atoms with Gasteiger partial charge < -0.3 is 23.9 Å². The molecule has 188 valence electrons. The largest absolute Gasteiger partial charge is 0.493 e. The van der Waals surface area contributed by atoms with Gasteiger partial charge >= 0.3 is 0 Å². The highest BCUT2D eigenvalue weighted by molar-refractivity contribution is 5.43. The van der Waals surface area contributed by atoms with Crippen LogP contribution < -0.4 is 14.2 Å². The van der Waals surface area contributed by atoms with E-state index in [0.29, 0.717) is 19.6 Å². The summed E-state index contributed by atoms with van der Waals surface area (Å²) in [6.45, 7) is 8.28. The maximum atomic E-state index is 11.2. The fraction of sp³-hybridized carbons (Fsp3) is 0.464. The molecule has 0 amide bonds. The molecule has 0 bridgehead atoms. The van der Waals surface area contributed by atoms with E-state index in [-0.39, 0.29) is 0 Å². The third-order valence-corrected chi connectivity index (χ3v) is 6.64. The highest BCUT2D eigenvalue weighted by atomic mass is 16.5. The number of benzene rings is 2. The van der Waals surface area contributed by atoms with Gasteiger partial charge in [-0.15, -0.1) is 0 Å². The van der Waals surface area contributed by atoms with E-state index in [2.05, 4.69) is 28.9 Å². The Morgan fingerprint density at radius 2 is 1.86 bits per heavy atom. The normalized spacial score (nSPS) is 18.7. The zero-order chi connectivity index (χ0) is 24.7. The van der Waals surface area contributed by atoms with E-state index in [0.717, 1.165) is 61.8 Å². The van der Waals surface area contributed by atoms with Gasteiger partial charge in [0.25, 0.3) is 0 Å². The lowest BCUT2D eigenvalue weighted by atomic mass is 9.96. The molecule has 0 radical (unpaired) electrons. The van der Waals surface area contributed by atoms with Crippen LogP contribution in [0.15, 0.2) is 55.1 Å². The minimum atomic E-state index is -0.809. The number of hydrogen-bond acceptors (Lipinski definition) is 6. The number of ether oxygens (including phenoxy) is 3. The van der Waals surface area contributed by atoms with Crippen molar-refractivity contribution >= 4 is 0 Å². The second-order valence-electron chi connectivity index (χ2n) is 9.55. The fourth-order valence-electron chi connectivity index (χ4n) is 4.58. The number of methoxy groups -OCH3 is 1. The number of rotatable bonds is 10. The lowest BCUT2D eigenvalue weighted by molar-refractivity contribution is -0.0170. The predicted octanol–water partition coefficient (Wildman–Crippen LogP) is 4.38. The molecule has 1 N–H and O–H groups in total. The molecule has 2 heterocycles. The standard InChI is InChI=1S/C28H37N3O4/c1-22-5-7-25(23(2)17-22)35-20-28(32)9-4-12-30(13-10-28)19-24-6-8-26(27(18-24)33-3)34-16-15-31-14-11-29-21-31/h5-8,11,14,17-18,21,32H,4,9-10,12-13,15-16,19-20H2,1-3H3/t28-/m1/s1. The van der Waals surface area contributed by atoms with Gasteiger partial charge in [-0.2, -0.15) is 0 Å². The van der Waals surface area contributed by atoms with E-state index >= 15 is 0 Å². The van der Waals surface area contributed by atoms with Crippen LogP contribution >= 0.6 is 0 Å². The molecule has 1 saturated heterocycles. The molecule has 4 rings (SSSR count). The third-order valence-electron chi connectivity index (χ3n) is 6.64. The first-order valence-electron chi connectivity index (χ1n) is 12.3. The van der Waals surface area contributed by atoms with Crippen molar-refractivity contribution < 1.29 is 19.3 Å². The van der Waals surface area contributed by atoms with E-state index in [1.165, 1.54) is 11.1 Å². The summed E-state index contributed by atoms with van der Waals surface area (Å²) in [5.74, 6) is 2.33. The quantitative estimate of drug-likeness (QED) is 0.465. The van der Waals surface area contributed by atoms with E-state index in [4.69, 9.17) is 14.2 Å². The maximum absolute atomic E-state index is 11.2. The summed E-state index contributed by atoms with van der Waals surface area (Å²) < 4.78 is 19.5. The van der Waals surface area contributed by atoms with Crippen LogP contribution in [0.1, 0.15) is 36.0 Å². The van der Waals surface area contributed by atoms with Crippen molar-refractivity contribution in [2.75, 3.05) is 33.4 Å². The lowest BCUT2D eigenvalue weighted by Crippen LogP contribution is -2.37. The Hall–Kier alpha value is -3.03. The molecule has 0 spiro atoms. The molecule has 1 aromatic heterocycles. The van der Waals surface area contributed by atoms with Crippen LogP contribution in [0.4, 0.5) is 0 Å². The number of aliphatic hydroxyl groups is 1. The summed E-state index contributed by atoms with van der Waals surface area (Å²) in [6, 6.07) is 12.3. The van der Waals surface area contributed by atoms with Crippen molar-refractivity contribution in [2.24, 2.45) is 0 Å². The predicted molar refractivity (Wildman–Crippen MR) is 136 cm³/mol. The van der Waals surface area contributed by atoms with Gasteiger partial charge in [-0.1, -0.05) is 23.8 Å². The maximum Gasteiger partial charge on any atom is 0.161 e. The van der Waals surface area contributed by atoms with Crippen LogP contribution in [0.5, 0.6) is 17.2 Å². The van der Waals surface area contributed by atoms with Crippen LogP contribution in [0.2, 0.25) is 0 Å². The van der Waals surface area contributed by atoms with Crippen molar-refractivity contribution in [1.29, 1.82) is 0 Å². The molecule has 0 saturated carbocycles. The Bertz CT molecular complexity index is 1090. The summed E-state index contributed by atoms with van der Waals surface area (Å²) in [4.78, 5) is 6.44. The first-order valence-corrected chi connectivity index (χ1v) is 12.3. The number of likely N-dealkylation sites (tertiary alicyclic amines) is 1. The van der Waals surface area contributed by atoms with Gasteiger partial charge in [0, 0.05) is 25.5 Å². The van der Waals surface area contributed by atoms with Crippen molar-refractivity contribution in [2.45, 2.75) is 51.8 Å². The summed E-state index contributed by atoms with van der Waals surface area (Å²) in [5, 5.41) is 11.2. The van der Waals surface area contributed by atoms with E-state index in [9.17, 15) is 5.11 Å². The fourth-order valence-corrected chi connectivity index (χ4v) is 4.58. The molecule has 35 heavy (non-hydrogen) atoms. The lowest BCUT2D eigenvalue weighted by Gasteiger charge is -2.27. The number of aromatic nitrogens is 2. The number of imidazole rings is 1. The zero-order valence-corrected chi connectivity index (χ0v) is 21.1. The molecule has 7 nitrogen and oxygen atoms in total. The van der Waals surface area contributed by atoms with Crippen LogP contribution in [0.25, 0.3) is 0 Å². The Labute approximate surface area is 208 Å². The summed E-state index contributed by atoms with van der Waals surface area (Å²) in [7, 11) is 1.67. The number of aryl methyl sites for hydroxylation is 2. The van der Waals surface area contributed by atoms with E-state index in [1.54, 1.807) is 19.6 Å². The number of nitrogens with zero attached hydrogens (tertiary/aromatic N) is 3. The highest BCUT2D eigenvalue weighted by Gasteiger charge is 2.31. The van der Waals surface area contributed by atoms with Crippen LogP contribution in [-0.2, 0) is 13.1 Å². The molecule has 1 aliphatic rings. The highest BCUT2D eigenvalue weighted by Crippen LogP contribution is 2.30. The smallest absolute Gasteiger partial charge is 0.161 e. The third kappa shape index (κ3) is 6.99. The van der Waals surface area contributed by atoms with Gasteiger partial charge in [0.2, 0.25) is 0 Å². The molecular formula is C28H37N3O4. The zero-order valence-electron chi connectivity index (χ0n) is 21.1. The molecule has 3 aromatic rings. The van der Waals surface area contributed by atoms with Crippen molar-refractivity contribution in [3.63, 3.8) is 0 Å². The van der Waals surface area contributed by atoms with Gasteiger partial charge in [-0.25, -0.2) is 4.98 Å². The van der Waals surface area contributed by atoms with Gasteiger partial charge in [-0.3, -0.25) is 4.90 Å².